The van der Waals surface area contributed by atoms with Gasteiger partial charge in [-0.05, 0) is 20.8 Å². The molecule has 0 aromatic rings. The van der Waals surface area contributed by atoms with E-state index in [2.05, 4.69) is 6.58 Å². The van der Waals surface area contributed by atoms with Crippen LogP contribution < -0.4 is 0 Å². The average Bonchev–Trinajstić information content (AvgIpc) is 2.05. The molecule has 0 amide bonds. The summed E-state index contributed by atoms with van der Waals surface area (Å²) in [6, 6.07) is 0. The summed E-state index contributed by atoms with van der Waals surface area (Å²) < 4.78 is 5.32. The number of carbonyl (C=O) groups excluding carboxylic acids is 1. The number of rotatable bonds is 3. The number of hydrogen-bond acceptors (Lipinski definition) is 5. The molecule has 0 radical (unpaired) electrons. The number of esters is 1. The largest absolute Gasteiger partial charge is 0.480 e. The van der Waals surface area contributed by atoms with Gasteiger partial charge < -0.3 is 9.84 Å². The van der Waals surface area contributed by atoms with E-state index >= 15 is 0 Å². The number of ether oxygens (including phenoxy) is 1. The van der Waals surface area contributed by atoms with E-state index in [0.717, 1.165) is 23.5 Å². The Labute approximate surface area is 108 Å². The van der Waals surface area contributed by atoms with Crippen LogP contribution in [0.4, 0.5) is 0 Å². The summed E-state index contributed by atoms with van der Waals surface area (Å²) in [5, 5.41) is 8.72. The van der Waals surface area contributed by atoms with E-state index < -0.39 is 22.1 Å². The van der Waals surface area contributed by atoms with Crippen molar-refractivity contribution in [2.24, 2.45) is 0 Å². The Kier molecular flexibility index (Phi) is 4.32. The van der Waals surface area contributed by atoms with Gasteiger partial charge in [-0.25, -0.2) is 4.79 Å². The van der Waals surface area contributed by atoms with Gasteiger partial charge in [-0.1, -0.05) is 36.2 Å². The van der Waals surface area contributed by atoms with Crippen LogP contribution in [0.2, 0.25) is 0 Å². The Morgan fingerprint density at radius 3 is 2.29 bits per heavy atom. The van der Waals surface area contributed by atoms with Crippen molar-refractivity contribution in [3.8, 4) is 0 Å². The minimum absolute atomic E-state index is 0.340. The van der Waals surface area contributed by atoms with Crippen molar-refractivity contribution in [3.05, 3.63) is 22.5 Å². The first-order valence-electron chi connectivity index (χ1n) is 4.91. The Morgan fingerprint density at radius 2 is 1.94 bits per heavy atom. The standard InChI is InChI=1S/C11H14O4S2/c1-5-6(8(14)15-11(2,3)4)9-16-10(17-9)7(12)13/h5,10H,1H2,2-4H3,(H,12,13). The monoisotopic (exact) mass is 274 g/mol. The summed E-state index contributed by atoms with van der Waals surface area (Å²) in [5.41, 5.74) is -0.232. The first-order valence-corrected chi connectivity index (χ1v) is 6.66. The van der Waals surface area contributed by atoms with Gasteiger partial charge in [0.05, 0.1) is 9.81 Å². The zero-order chi connectivity index (χ0) is 13.2. The van der Waals surface area contributed by atoms with Crippen molar-refractivity contribution in [1.82, 2.24) is 0 Å². The lowest BCUT2D eigenvalue weighted by molar-refractivity contribution is -0.149. The number of aliphatic carboxylic acids is 1. The fraction of sp³-hybridized carbons (Fsp3) is 0.455. The van der Waals surface area contributed by atoms with Crippen LogP contribution in [0.25, 0.3) is 0 Å². The molecule has 0 aromatic heterocycles. The first-order chi connectivity index (χ1) is 7.74. The third-order valence-corrected chi connectivity index (χ3v) is 4.53. The lowest BCUT2D eigenvalue weighted by Crippen LogP contribution is -2.26. The average molecular weight is 274 g/mol. The molecule has 0 unspecified atom stereocenters. The molecule has 1 heterocycles. The van der Waals surface area contributed by atoms with E-state index in [-0.39, 0.29) is 0 Å². The van der Waals surface area contributed by atoms with Crippen molar-refractivity contribution in [3.63, 3.8) is 0 Å². The number of thioether (sulfide) groups is 2. The highest BCUT2D eigenvalue weighted by Gasteiger charge is 2.35. The molecule has 1 aliphatic heterocycles. The molecular formula is C11H14O4S2. The van der Waals surface area contributed by atoms with Gasteiger partial charge in [0.15, 0.2) is 4.58 Å². The molecule has 1 aliphatic rings. The van der Waals surface area contributed by atoms with Gasteiger partial charge in [0.25, 0.3) is 0 Å². The molecule has 1 N–H and O–H groups in total. The maximum absolute atomic E-state index is 11.8. The zero-order valence-corrected chi connectivity index (χ0v) is 11.5. The van der Waals surface area contributed by atoms with Crippen LogP contribution in [-0.4, -0.2) is 27.2 Å². The highest BCUT2D eigenvalue weighted by molar-refractivity contribution is 8.39. The summed E-state index contributed by atoms with van der Waals surface area (Å²) in [6.07, 6.45) is 1.40. The number of carboxylic acid groups (broad SMARTS) is 1. The third kappa shape index (κ3) is 3.81. The second-order valence-corrected chi connectivity index (χ2v) is 7.10. The summed E-state index contributed by atoms with van der Waals surface area (Å²) in [5.74, 6) is -1.36. The van der Waals surface area contributed by atoms with Crippen LogP contribution in [-0.2, 0) is 14.3 Å². The molecule has 1 saturated heterocycles. The minimum Gasteiger partial charge on any atom is -0.480 e. The summed E-state index contributed by atoms with van der Waals surface area (Å²) >= 11 is 2.28. The summed E-state index contributed by atoms with van der Waals surface area (Å²) in [6.45, 7) is 8.88. The van der Waals surface area contributed by atoms with Crippen LogP contribution >= 0.6 is 23.5 Å². The maximum atomic E-state index is 11.8. The molecule has 17 heavy (non-hydrogen) atoms. The smallest absolute Gasteiger partial charge is 0.340 e. The lowest BCUT2D eigenvalue weighted by Gasteiger charge is -2.26. The molecule has 1 fully saturated rings. The van der Waals surface area contributed by atoms with Crippen LogP contribution in [0.5, 0.6) is 0 Å². The SMILES string of the molecule is C=CC(C(=O)OC(C)(C)C)=C1SC(C(=O)O)S1. The van der Waals surface area contributed by atoms with E-state index in [1.165, 1.54) is 6.08 Å². The van der Waals surface area contributed by atoms with E-state index in [1.807, 2.05) is 0 Å². The van der Waals surface area contributed by atoms with E-state index in [0.29, 0.717) is 9.81 Å². The fourth-order valence-electron chi connectivity index (χ4n) is 1.01. The highest BCUT2D eigenvalue weighted by Crippen LogP contribution is 2.52. The Balaban J connectivity index is 2.74. The van der Waals surface area contributed by atoms with Crippen molar-refractivity contribution in [2.75, 3.05) is 0 Å². The predicted octanol–water partition coefficient (Wildman–Crippen LogP) is 2.62. The summed E-state index contributed by atoms with van der Waals surface area (Å²) in [7, 11) is 0. The molecule has 0 bridgehead atoms. The molecule has 0 aliphatic carbocycles. The quantitative estimate of drug-likeness (QED) is 0.630. The first kappa shape index (κ1) is 14.2. The molecule has 4 nitrogen and oxygen atoms in total. The minimum atomic E-state index is -0.892. The van der Waals surface area contributed by atoms with Crippen molar-refractivity contribution in [2.45, 2.75) is 31.0 Å². The Hall–Kier alpha value is -0.880. The van der Waals surface area contributed by atoms with Crippen molar-refractivity contribution >= 4 is 35.5 Å². The second-order valence-electron chi connectivity index (χ2n) is 4.31. The number of carboxylic acids is 1. The van der Waals surface area contributed by atoms with Crippen molar-refractivity contribution < 1.29 is 19.4 Å². The van der Waals surface area contributed by atoms with Gasteiger partial charge in [-0.15, -0.1) is 0 Å². The molecule has 6 heteroatoms. The van der Waals surface area contributed by atoms with Gasteiger partial charge in [-0.3, -0.25) is 4.79 Å². The maximum Gasteiger partial charge on any atom is 0.340 e. The topological polar surface area (TPSA) is 63.6 Å². The van der Waals surface area contributed by atoms with E-state index in [9.17, 15) is 9.59 Å². The number of carbonyl (C=O) groups is 2. The van der Waals surface area contributed by atoms with Crippen LogP contribution in [0.3, 0.4) is 0 Å². The zero-order valence-electron chi connectivity index (χ0n) is 9.85. The van der Waals surface area contributed by atoms with Gasteiger partial charge in [0.2, 0.25) is 0 Å². The lowest BCUT2D eigenvalue weighted by atomic mass is 10.2. The predicted molar refractivity (Wildman–Crippen MR) is 69.7 cm³/mol. The fourth-order valence-corrected chi connectivity index (χ4v) is 3.08. The molecule has 1 rings (SSSR count). The third-order valence-electron chi connectivity index (χ3n) is 1.67. The van der Waals surface area contributed by atoms with Crippen molar-refractivity contribution in [1.29, 1.82) is 0 Å². The second kappa shape index (κ2) is 5.18. The molecule has 94 valence electrons. The Morgan fingerprint density at radius 1 is 1.41 bits per heavy atom. The molecule has 0 spiro atoms. The normalized spacial score (nSPS) is 19.2. The van der Waals surface area contributed by atoms with Gasteiger partial charge in [-0.2, -0.15) is 0 Å². The summed E-state index contributed by atoms with van der Waals surface area (Å²) in [4.78, 5) is 22.4. The van der Waals surface area contributed by atoms with Gasteiger partial charge in [0.1, 0.15) is 5.60 Å². The van der Waals surface area contributed by atoms with Crippen LogP contribution in [0.1, 0.15) is 20.8 Å². The van der Waals surface area contributed by atoms with Crippen LogP contribution in [0.15, 0.2) is 22.5 Å². The van der Waals surface area contributed by atoms with E-state index in [1.54, 1.807) is 20.8 Å². The van der Waals surface area contributed by atoms with E-state index in [4.69, 9.17) is 9.84 Å². The Bertz CT molecular complexity index is 385. The molecular weight excluding hydrogens is 260 g/mol. The molecule has 0 atom stereocenters. The molecule has 0 aromatic carbocycles. The van der Waals surface area contributed by atoms with Crippen LogP contribution in [0, 0.1) is 0 Å². The highest BCUT2D eigenvalue weighted by atomic mass is 32.3. The molecule has 0 saturated carbocycles. The number of hydrogen-bond donors (Lipinski definition) is 1. The van der Waals surface area contributed by atoms with Gasteiger partial charge in [0, 0.05) is 0 Å². The van der Waals surface area contributed by atoms with Gasteiger partial charge >= 0.3 is 11.9 Å².